The molecule has 1 aliphatic heterocycles. The van der Waals surface area contributed by atoms with Crippen LogP contribution in [-0.2, 0) is 9.47 Å². The average molecular weight is 370 g/mol. The number of hydrogen-bond acceptors (Lipinski definition) is 8. The summed E-state index contributed by atoms with van der Waals surface area (Å²) in [6.45, 7) is 0.246. The molecule has 4 rings (SSSR count). The Labute approximate surface area is 149 Å². The molecule has 2 aliphatic rings. The van der Waals surface area contributed by atoms with E-state index in [0.717, 1.165) is 12.8 Å². The SMILES string of the molecule is O[C@@H]1[C@H](O)[C@@H](COC2CCCC2)O[C@H]1n1cnc2c(NCl)ncnc21. The minimum absolute atomic E-state index is 0.214. The standard InChI is InChI=1S/C15H20ClN5O4/c16-20-13-10-14(18-6-17-13)21(7-19-10)15-12(23)11(22)9(25-15)5-24-8-3-1-2-4-8/h6-9,11-12,15,22-23H,1-5H2,(H,17,18,20)/t9-,11-,12-,15-/m1/s1. The van der Waals surface area contributed by atoms with Crippen molar-refractivity contribution in [2.75, 3.05) is 11.4 Å². The quantitative estimate of drug-likeness (QED) is 0.668. The second-order valence-corrected chi connectivity index (χ2v) is 6.62. The molecule has 1 aliphatic carbocycles. The van der Waals surface area contributed by atoms with E-state index in [9.17, 15) is 10.2 Å². The smallest absolute Gasteiger partial charge is 0.172 e. The van der Waals surface area contributed by atoms with Crippen molar-refractivity contribution in [1.82, 2.24) is 19.5 Å². The molecule has 0 aromatic carbocycles. The number of hydrogen-bond donors (Lipinski definition) is 3. The lowest BCUT2D eigenvalue weighted by Crippen LogP contribution is -2.34. The molecule has 2 aromatic heterocycles. The second kappa shape index (κ2) is 7.00. The Hall–Kier alpha value is -1.52. The number of nitrogens with one attached hydrogen (secondary N) is 1. The van der Waals surface area contributed by atoms with E-state index in [0.29, 0.717) is 17.0 Å². The minimum atomic E-state index is -1.11. The number of aliphatic hydroxyl groups is 2. The first-order valence-electron chi connectivity index (χ1n) is 8.36. The Balaban J connectivity index is 1.52. The van der Waals surface area contributed by atoms with Crippen LogP contribution in [0.1, 0.15) is 31.9 Å². The lowest BCUT2D eigenvalue weighted by Gasteiger charge is -2.18. The topological polar surface area (TPSA) is 115 Å². The predicted octanol–water partition coefficient (Wildman–Crippen LogP) is 0.970. The van der Waals surface area contributed by atoms with E-state index in [2.05, 4.69) is 19.8 Å². The number of aliphatic hydroxyl groups excluding tert-OH is 2. The molecule has 1 saturated carbocycles. The number of anilines is 1. The highest BCUT2D eigenvalue weighted by atomic mass is 35.5. The van der Waals surface area contributed by atoms with Gasteiger partial charge in [-0.1, -0.05) is 12.8 Å². The van der Waals surface area contributed by atoms with Crippen molar-refractivity contribution >= 4 is 28.8 Å². The molecule has 0 bridgehead atoms. The Morgan fingerprint density at radius 1 is 1.24 bits per heavy atom. The summed E-state index contributed by atoms with van der Waals surface area (Å²) < 4.78 is 13.2. The number of rotatable bonds is 5. The van der Waals surface area contributed by atoms with E-state index in [1.807, 2.05) is 0 Å². The summed E-state index contributed by atoms with van der Waals surface area (Å²) in [5, 5.41) is 20.7. The van der Waals surface area contributed by atoms with Crippen molar-refractivity contribution in [2.24, 2.45) is 0 Å². The third kappa shape index (κ3) is 3.06. The molecule has 0 amide bonds. The Kier molecular flexibility index (Phi) is 4.74. The maximum atomic E-state index is 10.4. The summed E-state index contributed by atoms with van der Waals surface area (Å²) in [6, 6.07) is 0. The first kappa shape index (κ1) is 16.9. The number of imidazole rings is 1. The van der Waals surface area contributed by atoms with E-state index in [1.165, 1.54) is 25.5 Å². The number of fused-ring (bicyclic) bond motifs is 1. The first-order chi connectivity index (χ1) is 12.2. The van der Waals surface area contributed by atoms with Gasteiger partial charge in [0.25, 0.3) is 0 Å². The fourth-order valence-corrected chi connectivity index (χ4v) is 3.63. The zero-order valence-electron chi connectivity index (χ0n) is 13.5. The van der Waals surface area contributed by atoms with Crippen LogP contribution < -0.4 is 4.84 Å². The summed E-state index contributed by atoms with van der Waals surface area (Å²) >= 11 is 5.63. The fourth-order valence-electron chi connectivity index (χ4n) is 3.49. The van der Waals surface area contributed by atoms with Gasteiger partial charge in [0.1, 0.15) is 24.6 Å². The van der Waals surface area contributed by atoms with Gasteiger partial charge in [-0.3, -0.25) is 9.40 Å². The lowest BCUT2D eigenvalue weighted by molar-refractivity contribution is -0.0796. The normalized spacial score (nSPS) is 30.4. The van der Waals surface area contributed by atoms with Gasteiger partial charge in [-0.2, -0.15) is 0 Å². The molecule has 25 heavy (non-hydrogen) atoms. The van der Waals surface area contributed by atoms with Crippen molar-refractivity contribution in [2.45, 2.75) is 56.3 Å². The zero-order valence-corrected chi connectivity index (χ0v) is 14.2. The maximum Gasteiger partial charge on any atom is 0.172 e. The fraction of sp³-hybridized carbons (Fsp3) is 0.667. The van der Waals surface area contributed by atoms with Crippen molar-refractivity contribution in [3.8, 4) is 0 Å². The van der Waals surface area contributed by atoms with Crippen LogP contribution in [0.5, 0.6) is 0 Å². The van der Waals surface area contributed by atoms with Crippen LogP contribution >= 0.6 is 11.8 Å². The Bertz CT molecular complexity index is 738. The van der Waals surface area contributed by atoms with E-state index >= 15 is 0 Å². The molecule has 9 nitrogen and oxygen atoms in total. The maximum absolute atomic E-state index is 10.4. The van der Waals surface area contributed by atoms with Gasteiger partial charge in [0.15, 0.2) is 23.2 Å². The van der Waals surface area contributed by atoms with Crippen LogP contribution in [0.15, 0.2) is 12.7 Å². The van der Waals surface area contributed by atoms with E-state index in [-0.39, 0.29) is 12.7 Å². The van der Waals surface area contributed by atoms with Crippen molar-refractivity contribution in [3.63, 3.8) is 0 Å². The lowest BCUT2D eigenvalue weighted by atomic mass is 10.1. The highest BCUT2D eigenvalue weighted by molar-refractivity contribution is 6.24. The average Bonchev–Trinajstić information content (AvgIpc) is 3.34. The molecule has 0 unspecified atom stereocenters. The van der Waals surface area contributed by atoms with Gasteiger partial charge in [0.05, 0.1) is 19.0 Å². The minimum Gasteiger partial charge on any atom is -0.387 e. The van der Waals surface area contributed by atoms with E-state index < -0.39 is 24.5 Å². The van der Waals surface area contributed by atoms with Crippen LogP contribution in [0.3, 0.4) is 0 Å². The molecule has 4 atom stereocenters. The highest BCUT2D eigenvalue weighted by Crippen LogP contribution is 2.33. The highest BCUT2D eigenvalue weighted by Gasteiger charge is 2.44. The molecule has 3 N–H and O–H groups in total. The Morgan fingerprint density at radius 3 is 2.80 bits per heavy atom. The third-order valence-corrected chi connectivity index (χ3v) is 5.04. The van der Waals surface area contributed by atoms with Gasteiger partial charge in [0.2, 0.25) is 0 Å². The van der Waals surface area contributed by atoms with E-state index in [4.69, 9.17) is 21.3 Å². The van der Waals surface area contributed by atoms with Gasteiger partial charge in [-0.05, 0) is 12.8 Å². The van der Waals surface area contributed by atoms with Crippen LogP contribution in [0.25, 0.3) is 11.2 Å². The van der Waals surface area contributed by atoms with Crippen molar-refractivity contribution in [1.29, 1.82) is 0 Å². The van der Waals surface area contributed by atoms with Crippen molar-refractivity contribution in [3.05, 3.63) is 12.7 Å². The molecule has 0 spiro atoms. The van der Waals surface area contributed by atoms with Gasteiger partial charge in [0, 0.05) is 11.8 Å². The molecule has 3 heterocycles. The largest absolute Gasteiger partial charge is 0.387 e. The Morgan fingerprint density at radius 2 is 2.04 bits per heavy atom. The number of halogens is 1. The summed E-state index contributed by atoms with van der Waals surface area (Å²) in [5.74, 6) is 0.361. The van der Waals surface area contributed by atoms with E-state index in [1.54, 1.807) is 4.57 Å². The summed E-state index contributed by atoms with van der Waals surface area (Å²) in [4.78, 5) is 14.8. The molecule has 10 heteroatoms. The predicted molar refractivity (Wildman–Crippen MR) is 88.9 cm³/mol. The van der Waals surface area contributed by atoms with Crippen molar-refractivity contribution < 1.29 is 19.7 Å². The van der Waals surface area contributed by atoms with Gasteiger partial charge >= 0.3 is 0 Å². The second-order valence-electron chi connectivity index (χ2n) is 6.43. The van der Waals surface area contributed by atoms with Crippen LogP contribution in [0, 0.1) is 0 Å². The molecule has 0 radical (unpaired) electrons. The molecular formula is C15H20ClN5O4. The molecule has 2 aromatic rings. The first-order valence-corrected chi connectivity index (χ1v) is 8.74. The molecule has 136 valence electrons. The van der Waals surface area contributed by atoms with Crippen LogP contribution in [0.2, 0.25) is 0 Å². The summed E-state index contributed by atoms with van der Waals surface area (Å²) in [5.41, 5.74) is 0.903. The molecule has 1 saturated heterocycles. The molecule has 2 fully saturated rings. The number of aromatic nitrogens is 4. The van der Waals surface area contributed by atoms with Gasteiger partial charge in [-0.15, -0.1) is 0 Å². The summed E-state index contributed by atoms with van der Waals surface area (Å²) in [6.07, 6.45) is 3.86. The number of ether oxygens (including phenoxy) is 2. The van der Waals surface area contributed by atoms with Crippen LogP contribution in [0.4, 0.5) is 5.82 Å². The summed E-state index contributed by atoms with van der Waals surface area (Å²) in [7, 11) is 0. The zero-order chi connectivity index (χ0) is 17.4. The third-order valence-electron chi connectivity index (χ3n) is 4.86. The van der Waals surface area contributed by atoms with Gasteiger partial charge < -0.3 is 19.7 Å². The number of nitrogens with zero attached hydrogens (tertiary/aromatic N) is 4. The van der Waals surface area contributed by atoms with Crippen LogP contribution in [-0.4, -0.2) is 60.8 Å². The molecular weight excluding hydrogens is 350 g/mol. The van der Waals surface area contributed by atoms with Gasteiger partial charge in [-0.25, -0.2) is 15.0 Å². The monoisotopic (exact) mass is 369 g/mol.